The summed E-state index contributed by atoms with van der Waals surface area (Å²) in [5.41, 5.74) is 4.93. The van der Waals surface area contributed by atoms with Gasteiger partial charge in [0.05, 0.1) is 6.20 Å². The largest absolute Gasteiger partial charge is 0.316 e. The van der Waals surface area contributed by atoms with E-state index in [9.17, 15) is 0 Å². The molecule has 0 aliphatic rings. The van der Waals surface area contributed by atoms with Gasteiger partial charge in [-0.2, -0.15) is 5.10 Å². The normalized spacial score (nSPS) is 10.7. The van der Waals surface area contributed by atoms with Gasteiger partial charge in [-0.25, -0.2) is 0 Å². The molecule has 0 saturated carbocycles. The van der Waals surface area contributed by atoms with Crippen molar-refractivity contribution in [2.75, 3.05) is 7.05 Å². The Labute approximate surface area is 96.1 Å². The van der Waals surface area contributed by atoms with E-state index in [1.54, 1.807) is 0 Å². The number of hydrogen-bond acceptors (Lipinski definition) is 2. The average molecular weight is 215 g/mol. The van der Waals surface area contributed by atoms with Crippen LogP contribution in [0.4, 0.5) is 0 Å². The van der Waals surface area contributed by atoms with Crippen LogP contribution in [0.1, 0.15) is 11.3 Å². The van der Waals surface area contributed by atoms with Crippen molar-refractivity contribution in [2.45, 2.75) is 13.5 Å². The van der Waals surface area contributed by atoms with Crippen LogP contribution in [0.5, 0.6) is 0 Å². The molecule has 3 heteroatoms. The SMILES string of the molecule is CNCc1cccc(-c2cnn(C)c2C)c1. The monoisotopic (exact) mass is 215 g/mol. The van der Waals surface area contributed by atoms with Crippen LogP contribution in [0.15, 0.2) is 30.5 Å². The minimum atomic E-state index is 0.896. The third-order valence-corrected chi connectivity index (χ3v) is 2.85. The minimum Gasteiger partial charge on any atom is -0.316 e. The molecule has 16 heavy (non-hydrogen) atoms. The van der Waals surface area contributed by atoms with Crippen LogP contribution in [0.2, 0.25) is 0 Å². The van der Waals surface area contributed by atoms with E-state index in [4.69, 9.17) is 0 Å². The molecule has 1 aromatic heterocycles. The number of aromatic nitrogens is 2. The highest BCUT2D eigenvalue weighted by molar-refractivity contribution is 5.65. The Hall–Kier alpha value is -1.61. The number of benzene rings is 1. The van der Waals surface area contributed by atoms with Crippen molar-refractivity contribution in [3.63, 3.8) is 0 Å². The zero-order valence-electron chi connectivity index (χ0n) is 9.99. The smallest absolute Gasteiger partial charge is 0.0571 e. The molecule has 3 nitrogen and oxygen atoms in total. The summed E-state index contributed by atoms with van der Waals surface area (Å²) in [6.07, 6.45) is 1.92. The van der Waals surface area contributed by atoms with Gasteiger partial charge in [0, 0.05) is 24.8 Å². The summed E-state index contributed by atoms with van der Waals surface area (Å²) >= 11 is 0. The van der Waals surface area contributed by atoms with Crippen molar-refractivity contribution >= 4 is 0 Å². The number of nitrogens with zero attached hydrogens (tertiary/aromatic N) is 2. The number of nitrogens with one attached hydrogen (secondary N) is 1. The molecule has 1 heterocycles. The maximum atomic E-state index is 4.27. The van der Waals surface area contributed by atoms with Crippen molar-refractivity contribution in [2.24, 2.45) is 7.05 Å². The van der Waals surface area contributed by atoms with E-state index < -0.39 is 0 Å². The van der Waals surface area contributed by atoms with Crippen molar-refractivity contribution in [1.29, 1.82) is 0 Å². The molecule has 0 fully saturated rings. The summed E-state index contributed by atoms with van der Waals surface area (Å²) in [5, 5.41) is 7.43. The second-order valence-corrected chi connectivity index (χ2v) is 4.00. The topological polar surface area (TPSA) is 29.9 Å². The van der Waals surface area contributed by atoms with Crippen LogP contribution < -0.4 is 5.32 Å². The molecular weight excluding hydrogens is 198 g/mol. The molecule has 0 spiro atoms. The first kappa shape index (κ1) is 10.9. The molecule has 1 N–H and O–H groups in total. The Morgan fingerprint density at radius 1 is 1.38 bits per heavy atom. The van der Waals surface area contributed by atoms with Crippen LogP contribution in [-0.4, -0.2) is 16.8 Å². The lowest BCUT2D eigenvalue weighted by molar-refractivity contribution is 0.740. The van der Waals surface area contributed by atoms with Crippen LogP contribution in [0.3, 0.4) is 0 Å². The molecule has 84 valence electrons. The number of rotatable bonds is 3. The molecule has 0 unspecified atom stereocenters. The fraction of sp³-hybridized carbons (Fsp3) is 0.308. The Morgan fingerprint density at radius 3 is 2.81 bits per heavy atom. The fourth-order valence-corrected chi connectivity index (χ4v) is 1.84. The third-order valence-electron chi connectivity index (χ3n) is 2.85. The van der Waals surface area contributed by atoms with Gasteiger partial charge < -0.3 is 5.32 Å². The first-order valence-electron chi connectivity index (χ1n) is 5.45. The summed E-state index contributed by atoms with van der Waals surface area (Å²) in [5.74, 6) is 0. The summed E-state index contributed by atoms with van der Waals surface area (Å²) in [4.78, 5) is 0. The quantitative estimate of drug-likeness (QED) is 0.850. The highest BCUT2D eigenvalue weighted by Crippen LogP contribution is 2.23. The van der Waals surface area contributed by atoms with E-state index in [-0.39, 0.29) is 0 Å². The van der Waals surface area contributed by atoms with Crippen LogP contribution in [0.25, 0.3) is 11.1 Å². The lowest BCUT2D eigenvalue weighted by atomic mass is 10.0. The highest BCUT2D eigenvalue weighted by atomic mass is 15.3. The van der Waals surface area contributed by atoms with Crippen molar-refractivity contribution in [3.8, 4) is 11.1 Å². The Balaban J connectivity index is 2.40. The zero-order chi connectivity index (χ0) is 11.5. The Morgan fingerprint density at radius 2 is 2.19 bits per heavy atom. The van der Waals surface area contributed by atoms with Gasteiger partial charge in [-0.1, -0.05) is 18.2 Å². The van der Waals surface area contributed by atoms with Crippen LogP contribution in [0, 0.1) is 6.92 Å². The molecule has 0 aliphatic carbocycles. The van der Waals surface area contributed by atoms with Gasteiger partial charge in [0.25, 0.3) is 0 Å². The minimum absolute atomic E-state index is 0.896. The first-order valence-corrected chi connectivity index (χ1v) is 5.45. The van der Waals surface area contributed by atoms with Crippen molar-refractivity contribution in [3.05, 3.63) is 41.7 Å². The predicted molar refractivity (Wildman–Crippen MR) is 66.1 cm³/mol. The van der Waals surface area contributed by atoms with Gasteiger partial charge in [-0.15, -0.1) is 0 Å². The molecule has 0 radical (unpaired) electrons. The Kier molecular flexibility index (Phi) is 3.06. The van der Waals surface area contributed by atoms with Crippen molar-refractivity contribution < 1.29 is 0 Å². The standard InChI is InChI=1S/C13H17N3/c1-10-13(9-15-16(10)3)12-6-4-5-11(7-12)8-14-2/h4-7,9,14H,8H2,1-3H3. The van der Waals surface area contributed by atoms with E-state index in [0.717, 1.165) is 6.54 Å². The lowest BCUT2D eigenvalue weighted by Crippen LogP contribution is -2.04. The molecule has 2 aromatic rings. The summed E-state index contributed by atoms with van der Waals surface area (Å²) in [7, 11) is 3.93. The summed E-state index contributed by atoms with van der Waals surface area (Å²) in [6, 6.07) is 8.56. The van der Waals surface area contributed by atoms with Gasteiger partial charge in [0.1, 0.15) is 0 Å². The first-order chi connectivity index (χ1) is 7.72. The number of aryl methyl sites for hydroxylation is 1. The van der Waals surface area contributed by atoms with Gasteiger partial charge in [0.2, 0.25) is 0 Å². The zero-order valence-corrected chi connectivity index (χ0v) is 9.99. The van der Waals surface area contributed by atoms with E-state index in [1.165, 1.54) is 22.4 Å². The van der Waals surface area contributed by atoms with Crippen LogP contribution in [-0.2, 0) is 13.6 Å². The molecule has 0 bridgehead atoms. The summed E-state index contributed by atoms with van der Waals surface area (Å²) < 4.78 is 1.90. The van der Waals surface area contributed by atoms with Gasteiger partial charge in [0.15, 0.2) is 0 Å². The van der Waals surface area contributed by atoms with E-state index in [2.05, 4.69) is 41.6 Å². The van der Waals surface area contributed by atoms with E-state index >= 15 is 0 Å². The molecular formula is C13H17N3. The number of hydrogen-bond donors (Lipinski definition) is 1. The van der Waals surface area contributed by atoms with Gasteiger partial charge >= 0.3 is 0 Å². The lowest BCUT2D eigenvalue weighted by Gasteiger charge is -2.04. The maximum Gasteiger partial charge on any atom is 0.0571 e. The van der Waals surface area contributed by atoms with Gasteiger partial charge in [-0.3, -0.25) is 4.68 Å². The molecule has 2 rings (SSSR count). The average Bonchev–Trinajstić information content (AvgIpc) is 2.61. The Bertz CT molecular complexity index is 486. The molecule has 0 atom stereocenters. The molecule has 0 saturated heterocycles. The van der Waals surface area contributed by atoms with Gasteiger partial charge in [-0.05, 0) is 31.2 Å². The summed E-state index contributed by atoms with van der Waals surface area (Å²) in [6.45, 7) is 2.99. The van der Waals surface area contributed by atoms with E-state index in [0.29, 0.717) is 0 Å². The third kappa shape index (κ3) is 1.99. The second kappa shape index (κ2) is 4.49. The fourth-order valence-electron chi connectivity index (χ4n) is 1.84. The molecule has 0 amide bonds. The maximum absolute atomic E-state index is 4.27. The second-order valence-electron chi connectivity index (χ2n) is 4.00. The molecule has 1 aromatic carbocycles. The van der Waals surface area contributed by atoms with E-state index in [1.807, 2.05) is 25.0 Å². The predicted octanol–water partition coefficient (Wildman–Crippen LogP) is 2.11. The van der Waals surface area contributed by atoms with Crippen LogP contribution >= 0.6 is 0 Å². The highest BCUT2D eigenvalue weighted by Gasteiger charge is 2.06. The van der Waals surface area contributed by atoms with Crippen molar-refractivity contribution in [1.82, 2.24) is 15.1 Å². The molecule has 0 aliphatic heterocycles.